The highest BCUT2D eigenvalue weighted by atomic mass is 16.5. The fraction of sp³-hybridized carbons (Fsp3) is 0.400. The average Bonchev–Trinajstić information content (AvgIpc) is 2.44. The Bertz CT molecular complexity index is 486. The van der Waals surface area contributed by atoms with Crippen LogP contribution in [0.1, 0.15) is 25.3 Å². The number of amides is 1. The molecule has 2 N–H and O–H groups in total. The van der Waals surface area contributed by atoms with Crippen LogP contribution in [0.4, 0.5) is 0 Å². The molecule has 0 bridgehead atoms. The number of aliphatic carboxylic acids is 1. The van der Waals surface area contributed by atoms with Gasteiger partial charge in [0.15, 0.2) is 0 Å². The Morgan fingerprint density at radius 2 is 1.90 bits per heavy atom. The van der Waals surface area contributed by atoms with Crippen LogP contribution in [0.2, 0.25) is 0 Å². The van der Waals surface area contributed by atoms with Gasteiger partial charge >= 0.3 is 11.9 Å². The summed E-state index contributed by atoms with van der Waals surface area (Å²) in [4.78, 5) is 34.1. The summed E-state index contributed by atoms with van der Waals surface area (Å²) in [5.41, 5.74) is 0.796. The molecule has 0 radical (unpaired) electrons. The minimum Gasteiger partial charge on any atom is -0.480 e. The van der Waals surface area contributed by atoms with Crippen molar-refractivity contribution in [3.05, 3.63) is 35.9 Å². The van der Waals surface area contributed by atoms with Crippen LogP contribution < -0.4 is 5.32 Å². The Morgan fingerprint density at radius 3 is 2.48 bits per heavy atom. The summed E-state index contributed by atoms with van der Waals surface area (Å²) in [6.07, 6.45) is 0.0646. The highest BCUT2D eigenvalue weighted by Gasteiger charge is 2.21. The number of esters is 1. The third kappa shape index (κ3) is 6.56. The van der Waals surface area contributed by atoms with Crippen LogP contribution in [0, 0.1) is 0 Å². The predicted molar refractivity (Wildman–Crippen MR) is 75.6 cm³/mol. The number of ether oxygens (including phenoxy) is 1. The van der Waals surface area contributed by atoms with Crippen molar-refractivity contribution < 1.29 is 24.2 Å². The van der Waals surface area contributed by atoms with Crippen molar-refractivity contribution >= 4 is 17.8 Å². The van der Waals surface area contributed by atoms with E-state index in [0.717, 1.165) is 5.56 Å². The van der Waals surface area contributed by atoms with E-state index in [1.54, 1.807) is 31.2 Å². The third-order valence-electron chi connectivity index (χ3n) is 2.78. The average molecular weight is 293 g/mol. The molecule has 0 spiro atoms. The molecule has 1 amide bonds. The predicted octanol–water partition coefficient (Wildman–Crippen LogP) is 1.14. The van der Waals surface area contributed by atoms with E-state index in [4.69, 9.17) is 9.84 Å². The Balaban J connectivity index is 2.48. The van der Waals surface area contributed by atoms with Gasteiger partial charge in [-0.3, -0.25) is 9.59 Å². The summed E-state index contributed by atoms with van der Waals surface area (Å²) in [6, 6.07) is 7.92. The van der Waals surface area contributed by atoms with Gasteiger partial charge in [-0.2, -0.15) is 0 Å². The number of hydrogen-bond acceptors (Lipinski definition) is 4. The largest absolute Gasteiger partial charge is 0.480 e. The maximum absolute atomic E-state index is 11.8. The number of hydrogen-bond donors (Lipinski definition) is 2. The molecule has 0 saturated heterocycles. The molecular formula is C15H19NO5. The number of nitrogens with one attached hydrogen (secondary N) is 1. The van der Waals surface area contributed by atoms with Crippen LogP contribution in [0.5, 0.6) is 0 Å². The lowest BCUT2D eigenvalue weighted by atomic mass is 10.1. The highest BCUT2D eigenvalue weighted by Crippen LogP contribution is 2.03. The Hall–Kier alpha value is -2.37. The standard InChI is InChI=1S/C15H19NO5/c1-2-21-14(18)9-8-12(15(19)20)16-13(17)10-11-6-4-3-5-7-11/h3-7,12H,2,8-10H2,1H3,(H,16,17)(H,19,20). The second-order valence-electron chi connectivity index (χ2n) is 4.46. The Kier molecular flexibility index (Phi) is 6.94. The monoisotopic (exact) mass is 293 g/mol. The summed E-state index contributed by atoms with van der Waals surface area (Å²) >= 11 is 0. The van der Waals surface area contributed by atoms with Crippen LogP contribution in [-0.2, 0) is 25.5 Å². The Labute approximate surface area is 123 Å². The number of carbonyl (C=O) groups excluding carboxylic acids is 2. The molecule has 1 aromatic carbocycles. The highest BCUT2D eigenvalue weighted by molar-refractivity contribution is 5.85. The van der Waals surface area contributed by atoms with Crippen molar-refractivity contribution in [3.63, 3.8) is 0 Å². The van der Waals surface area contributed by atoms with Crippen molar-refractivity contribution in [1.82, 2.24) is 5.32 Å². The van der Waals surface area contributed by atoms with Crippen molar-refractivity contribution in [2.24, 2.45) is 0 Å². The number of carbonyl (C=O) groups is 3. The number of carboxylic acids is 1. The van der Waals surface area contributed by atoms with E-state index in [0.29, 0.717) is 0 Å². The zero-order valence-electron chi connectivity index (χ0n) is 11.9. The van der Waals surface area contributed by atoms with Crippen LogP contribution in [0.15, 0.2) is 30.3 Å². The van der Waals surface area contributed by atoms with Crippen molar-refractivity contribution in [2.45, 2.75) is 32.2 Å². The van der Waals surface area contributed by atoms with E-state index >= 15 is 0 Å². The third-order valence-corrected chi connectivity index (χ3v) is 2.78. The second-order valence-corrected chi connectivity index (χ2v) is 4.46. The molecule has 0 aliphatic carbocycles. The van der Waals surface area contributed by atoms with Crippen LogP contribution in [0.25, 0.3) is 0 Å². The molecule has 0 aliphatic heterocycles. The fourth-order valence-electron chi connectivity index (χ4n) is 1.78. The molecule has 0 heterocycles. The first kappa shape index (κ1) is 16.7. The first-order valence-electron chi connectivity index (χ1n) is 6.74. The zero-order chi connectivity index (χ0) is 15.7. The summed E-state index contributed by atoms with van der Waals surface area (Å²) < 4.78 is 4.73. The number of rotatable bonds is 8. The van der Waals surface area contributed by atoms with Gasteiger partial charge in [-0.1, -0.05) is 30.3 Å². The van der Waals surface area contributed by atoms with Gasteiger partial charge in [-0.25, -0.2) is 4.79 Å². The minimum absolute atomic E-state index is 0.00863. The molecule has 0 aromatic heterocycles. The Morgan fingerprint density at radius 1 is 1.24 bits per heavy atom. The summed E-state index contributed by atoms with van der Waals surface area (Å²) in [6.45, 7) is 1.92. The molecule has 1 rings (SSSR count). The van der Waals surface area contributed by atoms with Gasteiger partial charge < -0.3 is 15.2 Å². The molecule has 6 nitrogen and oxygen atoms in total. The van der Waals surface area contributed by atoms with Gasteiger partial charge in [0.2, 0.25) is 5.91 Å². The lowest BCUT2D eigenvalue weighted by Gasteiger charge is -2.14. The smallest absolute Gasteiger partial charge is 0.326 e. The van der Waals surface area contributed by atoms with Crippen molar-refractivity contribution in [2.75, 3.05) is 6.61 Å². The van der Waals surface area contributed by atoms with Crippen molar-refractivity contribution in [1.29, 1.82) is 0 Å². The molecule has 0 aliphatic rings. The van der Waals surface area contributed by atoms with E-state index in [1.165, 1.54) is 0 Å². The van der Waals surface area contributed by atoms with E-state index < -0.39 is 23.9 Å². The number of benzene rings is 1. The van der Waals surface area contributed by atoms with Gasteiger partial charge in [0, 0.05) is 6.42 Å². The topological polar surface area (TPSA) is 92.7 Å². The van der Waals surface area contributed by atoms with E-state index in [2.05, 4.69) is 5.32 Å². The number of carboxylic acid groups (broad SMARTS) is 1. The first-order chi connectivity index (χ1) is 10.0. The molecule has 114 valence electrons. The lowest BCUT2D eigenvalue weighted by Crippen LogP contribution is -2.41. The lowest BCUT2D eigenvalue weighted by molar-refractivity contribution is -0.145. The summed E-state index contributed by atoms with van der Waals surface area (Å²) in [5.74, 6) is -2.03. The quantitative estimate of drug-likeness (QED) is 0.701. The maximum Gasteiger partial charge on any atom is 0.326 e. The van der Waals surface area contributed by atoms with Gasteiger partial charge in [0.05, 0.1) is 13.0 Å². The van der Waals surface area contributed by atoms with E-state index in [-0.39, 0.29) is 25.9 Å². The van der Waals surface area contributed by atoms with Gasteiger partial charge in [-0.05, 0) is 18.9 Å². The molecule has 0 saturated carbocycles. The van der Waals surface area contributed by atoms with E-state index in [9.17, 15) is 14.4 Å². The minimum atomic E-state index is -1.17. The maximum atomic E-state index is 11.8. The molecule has 1 aromatic rings. The molecule has 1 unspecified atom stereocenters. The van der Waals surface area contributed by atoms with Crippen LogP contribution >= 0.6 is 0 Å². The molecule has 6 heteroatoms. The van der Waals surface area contributed by atoms with Gasteiger partial charge in [0.25, 0.3) is 0 Å². The van der Waals surface area contributed by atoms with Crippen LogP contribution in [0.3, 0.4) is 0 Å². The zero-order valence-corrected chi connectivity index (χ0v) is 11.9. The molecule has 21 heavy (non-hydrogen) atoms. The normalized spacial score (nSPS) is 11.5. The van der Waals surface area contributed by atoms with Gasteiger partial charge in [-0.15, -0.1) is 0 Å². The van der Waals surface area contributed by atoms with Crippen molar-refractivity contribution in [3.8, 4) is 0 Å². The SMILES string of the molecule is CCOC(=O)CCC(NC(=O)Cc1ccccc1)C(=O)O. The van der Waals surface area contributed by atoms with Crippen LogP contribution in [-0.4, -0.2) is 35.6 Å². The summed E-state index contributed by atoms with van der Waals surface area (Å²) in [7, 11) is 0. The van der Waals surface area contributed by atoms with E-state index in [1.807, 2.05) is 6.07 Å². The second kappa shape index (κ2) is 8.73. The molecular weight excluding hydrogens is 274 g/mol. The molecule has 1 atom stereocenters. The first-order valence-corrected chi connectivity index (χ1v) is 6.74. The molecule has 0 fully saturated rings. The summed E-state index contributed by atoms with van der Waals surface area (Å²) in [5, 5.41) is 11.5. The van der Waals surface area contributed by atoms with Gasteiger partial charge in [0.1, 0.15) is 6.04 Å². The fourth-order valence-corrected chi connectivity index (χ4v) is 1.78.